The van der Waals surface area contributed by atoms with E-state index in [2.05, 4.69) is 22.0 Å². The Morgan fingerprint density at radius 1 is 1.19 bits per heavy atom. The number of hydrogen-bond acceptors (Lipinski definition) is 4. The fourth-order valence-corrected chi connectivity index (χ4v) is 3.90. The third-order valence-electron chi connectivity index (χ3n) is 4.03. The molecule has 2 aromatic rings. The number of benzene rings is 2. The number of nitrogens with zero attached hydrogens (tertiary/aromatic N) is 2. The fraction of sp³-hybridized carbons (Fsp3) is 0.350. The molecule has 6 heteroatoms. The summed E-state index contributed by atoms with van der Waals surface area (Å²) in [5, 5.41) is 1.83. The van der Waals surface area contributed by atoms with Gasteiger partial charge in [0, 0.05) is 36.5 Å². The summed E-state index contributed by atoms with van der Waals surface area (Å²) in [7, 11) is 1.70. The summed E-state index contributed by atoms with van der Waals surface area (Å²) in [6, 6.07) is 16.0. The van der Waals surface area contributed by atoms with Gasteiger partial charge < -0.3 is 14.4 Å². The van der Waals surface area contributed by atoms with Crippen molar-refractivity contribution in [2.75, 3.05) is 32.6 Å². The molecule has 0 N–H and O–H groups in total. The van der Waals surface area contributed by atoms with Crippen LogP contribution in [-0.2, 0) is 17.9 Å². The first kappa shape index (κ1) is 19.1. The zero-order valence-corrected chi connectivity index (χ0v) is 16.4. The smallest absolute Gasteiger partial charge is 0.159 e. The molecule has 0 spiro atoms. The Balaban J connectivity index is 1.60. The van der Waals surface area contributed by atoms with Gasteiger partial charge in [0.05, 0.1) is 13.2 Å². The summed E-state index contributed by atoms with van der Waals surface area (Å²) in [4.78, 5) is 6.95. The predicted octanol–water partition coefficient (Wildman–Crippen LogP) is 4.47. The van der Waals surface area contributed by atoms with Gasteiger partial charge in [-0.25, -0.2) is 0 Å². The monoisotopic (exact) mass is 390 g/mol. The quantitative estimate of drug-likeness (QED) is 0.623. The van der Waals surface area contributed by atoms with E-state index in [1.807, 2.05) is 48.2 Å². The summed E-state index contributed by atoms with van der Waals surface area (Å²) < 4.78 is 11.0. The minimum absolute atomic E-state index is 0.465. The van der Waals surface area contributed by atoms with Gasteiger partial charge >= 0.3 is 0 Å². The summed E-state index contributed by atoms with van der Waals surface area (Å²) in [6.07, 6.45) is 0. The zero-order chi connectivity index (χ0) is 18.2. The van der Waals surface area contributed by atoms with Crippen molar-refractivity contribution < 1.29 is 9.47 Å². The van der Waals surface area contributed by atoms with Crippen molar-refractivity contribution in [2.24, 2.45) is 4.99 Å². The molecular formula is C20H23ClN2O2S. The van der Waals surface area contributed by atoms with Crippen molar-refractivity contribution in [3.8, 4) is 5.75 Å². The van der Waals surface area contributed by atoms with Crippen LogP contribution in [0.3, 0.4) is 0 Å². The Bertz CT molecular complexity index is 754. The van der Waals surface area contributed by atoms with E-state index in [1.165, 1.54) is 5.56 Å². The van der Waals surface area contributed by atoms with Crippen LogP contribution in [0.4, 0.5) is 0 Å². The highest BCUT2D eigenvalue weighted by atomic mass is 35.5. The molecule has 1 aliphatic heterocycles. The molecule has 0 saturated carbocycles. The highest BCUT2D eigenvalue weighted by molar-refractivity contribution is 8.14. The molecule has 0 radical (unpaired) electrons. The van der Waals surface area contributed by atoms with E-state index in [0.29, 0.717) is 19.8 Å². The first-order valence-corrected chi connectivity index (χ1v) is 9.99. The van der Waals surface area contributed by atoms with E-state index in [4.69, 9.17) is 21.1 Å². The second-order valence-electron chi connectivity index (χ2n) is 5.95. The van der Waals surface area contributed by atoms with Crippen molar-refractivity contribution in [1.82, 2.24) is 4.90 Å². The maximum Gasteiger partial charge on any atom is 0.159 e. The van der Waals surface area contributed by atoms with Crippen LogP contribution in [0.5, 0.6) is 5.75 Å². The van der Waals surface area contributed by atoms with Gasteiger partial charge in [0.1, 0.15) is 12.4 Å². The van der Waals surface area contributed by atoms with Crippen molar-refractivity contribution in [2.45, 2.75) is 13.2 Å². The van der Waals surface area contributed by atoms with Gasteiger partial charge in [0.25, 0.3) is 0 Å². The van der Waals surface area contributed by atoms with Crippen LogP contribution in [0.15, 0.2) is 53.5 Å². The molecule has 0 amide bonds. The van der Waals surface area contributed by atoms with Crippen LogP contribution in [0, 0.1) is 0 Å². The molecule has 138 valence electrons. The number of rotatable bonds is 8. The maximum atomic E-state index is 6.19. The predicted molar refractivity (Wildman–Crippen MR) is 109 cm³/mol. The van der Waals surface area contributed by atoms with Gasteiger partial charge in [-0.15, -0.1) is 0 Å². The van der Waals surface area contributed by atoms with Gasteiger partial charge in [-0.1, -0.05) is 53.7 Å². The van der Waals surface area contributed by atoms with Crippen molar-refractivity contribution in [3.63, 3.8) is 0 Å². The molecule has 1 fully saturated rings. The van der Waals surface area contributed by atoms with Gasteiger partial charge in [0.15, 0.2) is 5.17 Å². The van der Waals surface area contributed by atoms with Crippen LogP contribution in [0.2, 0.25) is 5.02 Å². The van der Waals surface area contributed by atoms with Crippen molar-refractivity contribution in [3.05, 3.63) is 64.7 Å². The lowest BCUT2D eigenvalue weighted by molar-refractivity contribution is 0.207. The Hall–Kier alpha value is -1.69. The zero-order valence-electron chi connectivity index (χ0n) is 14.9. The standard InChI is InChI=1S/C20H23ClN2O2S/c1-24-11-9-22-20-23(10-12-26-20)14-16-5-4-7-18(13-16)25-15-17-6-2-3-8-19(17)21/h2-8,13H,9-12,14-15H2,1H3. The van der Waals surface area contributed by atoms with Crippen molar-refractivity contribution >= 4 is 28.5 Å². The largest absolute Gasteiger partial charge is 0.489 e. The number of methoxy groups -OCH3 is 1. The number of halogens is 1. The Labute approximate surface area is 164 Å². The number of ether oxygens (including phenoxy) is 2. The lowest BCUT2D eigenvalue weighted by atomic mass is 10.2. The Morgan fingerprint density at radius 3 is 2.92 bits per heavy atom. The highest BCUT2D eigenvalue weighted by Crippen LogP contribution is 2.23. The summed E-state index contributed by atoms with van der Waals surface area (Å²) >= 11 is 8.00. The van der Waals surface area contributed by atoms with E-state index in [1.54, 1.807) is 7.11 Å². The normalized spacial score (nSPS) is 15.6. The topological polar surface area (TPSA) is 34.1 Å². The van der Waals surface area contributed by atoms with E-state index < -0.39 is 0 Å². The molecular weight excluding hydrogens is 368 g/mol. The van der Waals surface area contributed by atoms with E-state index in [0.717, 1.165) is 40.3 Å². The molecule has 0 bridgehead atoms. The maximum absolute atomic E-state index is 6.19. The molecule has 3 rings (SSSR count). The summed E-state index contributed by atoms with van der Waals surface area (Å²) in [5.74, 6) is 1.93. The lowest BCUT2D eigenvalue weighted by Gasteiger charge is -2.18. The number of aliphatic imine (C=N–C) groups is 1. The van der Waals surface area contributed by atoms with Crippen LogP contribution < -0.4 is 4.74 Å². The van der Waals surface area contributed by atoms with E-state index in [-0.39, 0.29) is 0 Å². The molecule has 0 aromatic heterocycles. The number of amidine groups is 1. The average Bonchev–Trinajstić information content (AvgIpc) is 3.09. The minimum atomic E-state index is 0.465. The number of thioether (sulfide) groups is 1. The molecule has 0 unspecified atom stereocenters. The van der Waals surface area contributed by atoms with E-state index in [9.17, 15) is 0 Å². The molecule has 26 heavy (non-hydrogen) atoms. The molecule has 1 heterocycles. The second-order valence-corrected chi connectivity index (χ2v) is 7.42. The fourth-order valence-electron chi connectivity index (χ4n) is 2.69. The third-order valence-corrected chi connectivity index (χ3v) is 5.43. The molecule has 0 atom stereocenters. The van der Waals surface area contributed by atoms with Gasteiger partial charge in [-0.3, -0.25) is 4.99 Å². The Morgan fingerprint density at radius 2 is 2.08 bits per heavy atom. The summed E-state index contributed by atoms with van der Waals surface area (Å²) in [6.45, 7) is 3.68. The molecule has 1 aliphatic rings. The van der Waals surface area contributed by atoms with Crippen LogP contribution in [0.1, 0.15) is 11.1 Å². The average molecular weight is 391 g/mol. The second kappa shape index (κ2) is 9.86. The van der Waals surface area contributed by atoms with Gasteiger partial charge in [0.2, 0.25) is 0 Å². The molecule has 4 nitrogen and oxygen atoms in total. The third kappa shape index (κ3) is 5.40. The first-order chi connectivity index (χ1) is 12.8. The molecule has 0 aliphatic carbocycles. The van der Waals surface area contributed by atoms with Crippen molar-refractivity contribution in [1.29, 1.82) is 0 Å². The molecule has 2 aromatic carbocycles. The molecule has 1 saturated heterocycles. The lowest BCUT2D eigenvalue weighted by Crippen LogP contribution is -2.24. The minimum Gasteiger partial charge on any atom is -0.489 e. The highest BCUT2D eigenvalue weighted by Gasteiger charge is 2.19. The first-order valence-electron chi connectivity index (χ1n) is 8.62. The Kier molecular flexibility index (Phi) is 7.23. The van der Waals surface area contributed by atoms with E-state index >= 15 is 0 Å². The SMILES string of the molecule is COCCN=C1SCCN1Cc1cccc(OCc2ccccc2Cl)c1. The van der Waals surface area contributed by atoms with Gasteiger partial charge in [-0.05, 0) is 23.8 Å². The van der Waals surface area contributed by atoms with Crippen LogP contribution in [0.25, 0.3) is 0 Å². The van der Waals surface area contributed by atoms with Crippen LogP contribution >= 0.6 is 23.4 Å². The summed E-state index contributed by atoms with van der Waals surface area (Å²) in [5.41, 5.74) is 2.20. The van der Waals surface area contributed by atoms with Gasteiger partial charge in [-0.2, -0.15) is 0 Å². The van der Waals surface area contributed by atoms with Crippen LogP contribution in [-0.4, -0.2) is 42.6 Å². The number of hydrogen-bond donors (Lipinski definition) is 0.